The van der Waals surface area contributed by atoms with Crippen LogP contribution in [0.3, 0.4) is 0 Å². The van der Waals surface area contributed by atoms with Gasteiger partial charge in [-0.25, -0.2) is 4.98 Å². The Balaban J connectivity index is 2.98. The van der Waals surface area contributed by atoms with Crippen LogP contribution < -0.4 is 10.6 Å². The van der Waals surface area contributed by atoms with Crippen molar-refractivity contribution in [1.29, 1.82) is 0 Å². The predicted octanol–water partition coefficient (Wildman–Crippen LogP) is 3.68. The first-order valence-electron chi connectivity index (χ1n) is 6.04. The molecule has 10 heteroatoms. The molecular formula is C11H14F6N4. The Morgan fingerprint density at radius 2 is 1.76 bits per heavy atom. The largest absolute Gasteiger partial charge is 0.433 e. The third kappa shape index (κ3) is 6.05. The van der Waals surface area contributed by atoms with Gasteiger partial charge in [-0.05, 0) is 13.8 Å². The average molecular weight is 316 g/mol. The summed E-state index contributed by atoms with van der Waals surface area (Å²) in [7, 11) is 0. The maximum Gasteiger partial charge on any atom is 0.433 e. The Bertz CT molecular complexity index is 471. The summed E-state index contributed by atoms with van der Waals surface area (Å²) >= 11 is 0. The second kappa shape index (κ2) is 6.35. The smallest absolute Gasteiger partial charge is 0.367 e. The van der Waals surface area contributed by atoms with E-state index in [-0.39, 0.29) is 18.3 Å². The SMILES string of the molecule is CCNc1nc(NC(C)CC(F)(F)F)cc(C(F)(F)F)n1. The van der Waals surface area contributed by atoms with Crippen molar-refractivity contribution in [2.45, 2.75) is 38.7 Å². The third-order valence-electron chi connectivity index (χ3n) is 2.28. The highest BCUT2D eigenvalue weighted by molar-refractivity contribution is 5.43. The van der Waals surface area contributed by atoms with Crippen LogP contribution in [0.5, 0.6) is 0 Å². The van der Waals surface area contributed by atoms with Gasteiger partial charge in [0.25, 0.3) is 0 Å². The highest BCUT2D eigenvalue weighted by atomic mass is 19.4. The Hall–Kier alpha value is -1.74. The molecule has 1 atom stereocenters. The molecule has 1 rings (SSSR count). The summed E-state index contributed by atoms with van der Waals surface area (Å²) in [6.07, 6.45) is -10.3. The molecule has 1 unspecified atom stereocenters. The van der Waals surface area contributed by atoms with E-state index in [0.29, 0.717) is 6.07 Å². The van der Waals surface area contributed by atoms with Crippen molar-refractivity contribution < 1.29 is 26.3 Å². The van der Waals surface area contributed by atoms with E-state index in [9.17, 15) is 26.3 Å². The van der Waals surface area contributed by atoms with Gasteiger partial charge in [0.1, 0.15) is 5.82 Å². The molecule has 0 amide bonds. The zero-order valence-electron chi connectivity index (χ0n) is 11.2. The number of nitrogens with zero attached hydrogens (tertiary/aromatic N) is 2. The molecule has 0 radical (unpaired) electrons. The molecule has 1 aromatic heterocycles. The van der Waals surface area contributed by atoms with Crippen molar-refractivity contribution >= 4 is 11.8 Å². The standard InChI is InChI=1S/C11H14F6N4/c1-3-18-9-20-7(11(15,16)17)4-8(21-9)19-6(2)5-10(12,13)14/h4,6H,3,5H2,1-2H3,(H2,18,19,20,21). The number of rotatable bonds is 5. The van der Waals surface area contributed by atoms with Gasteiger partial charge in [0.2, 0.25) is 5.95 Å². The van der Waals surface area contributed by atoms with Crippen LogP contribution in [0.15, 0.2) is 6.07 Å². The number of halogens is 6. The lowest BCUT2D eigenvalue weighted by molar-refractivity contribution is -0.141. The quantitative estimate of drug-likeness (QED) is 0.814. The lowest BCUT2D eigenvalue weighted by atomic mass is 10.2. The van der Waals surface area contributed by atoms with Gasteiger partial charge in [0.05, 0.1) is 6.42 Å². The first kappa shape index (κ1) is 17.3. The monoisotopic (exact) mass is 316 g/mol. The van der Waals surface area contributed by atoms with Crippen LogP contribution in [-0.4, -0.2) is 28.7 Å². The Morgan fingerprint density at radius 3 is 2.24 bits per heavy atom. The maximum absolute atomic E-state index is 12.7. The summed E-state index contributed by atoms with van der Waals surface area (Å²) in [4.78, 5) is 6.97. The molecule has 120 valence electrons. The van der Waals surface area contributed by atoms with Crippen LogP contribution in [0.2, 0.25) is 0 Å². The highest BCUT2D eigenvalue weighted by Crippen LogP contribution is 2.30. The summed E-state index contributed by atoms with van der Waals surface area (Å²) < 4.78 is 74.6. The van der Waals surface area contributed by atoms with Gasteiger partial charge >= 0.3 is 12.4 Å². The molecule has 0 bridgehead atoms. The van der Waals surface area contributed by atoms with Crippen LogP contribution in [0, 0.1) is 0 Å². The van der Waals surface area contributed by atoms with E-state index in [0.717, 1.165) is 0 Å². The van der Waals surface area contributed by atoms with Crippen LogP contribution in [0.25, 0.3) is 0 Å². The molecule has 0 spiro atoms. The molecule has 0 saturated carbocycles. The van der Waals surface area contributed by atoms with Crippen molar-refractivity contribution in [1.82, 2.24) is 9.97 Å². The first-order valence-corrected chi connectivity index (χ1v) is 6.04. The van der Waals surface area contributed by atoms with Crippen molar-refractivity contribution in [3.05, 3.63) is 11.8 Å². The average Bonchev–Trinajstić information content (AvgIpc) is 2.24. The lowest BCUT2D eigenvalue weighted by Crippen LogP contribution is -2.25. The van der Waals surface area contributed by atoms with Gasteiger partial charge in [-0.2, -0.15) is 31.3 Å². The number of hydrogen-bond acceptors (Lipinski definition) is 4. The van der Waals surface area contributed by atoms with Crippen molar-refractivity contribution in [2.75, 3.05) is 17.2 Å². The predicted molar refractivity (Wildman–Crippen MR) is 65.0 cm³/mol. The van der Waals surface area contributed by atoms with Gasteiger partial charge in [-0.3, -0.25) is 0 Å². The number of hydrogen-bond donors (Lipinski definition) is 2. The fraction of sp³-hybridized carbons (Fsp3) is 0.636. The van der Waals surface area contributed by atoms with E-state index >= 15 is 0 Å². The van der Waals surface area contributed by atoms with E-state index in [1.807, 2.05) is 0 Å². The second-order valence-corrected chi connectivity index (χ2v) is 4.35. The van der Waals surface area contributed by atoms with Crippen LogP contribution in [-0.2, 0) is 6.18 Å². The number of anilines is 2. The van der Waals surface area contributed by atoms with Gasteiger partial charge in [0.15, 0.2) is 5.69 Å². The fourth-order valence-electron chi connectivity index (χ4n) is 1.55. The molecule has 21 heavy (non-hydrogen) atoms. The van der Waals surface area contributed by atoms with E-state index in [4.69, 9.17) is 0 Å². The first-order chi connectivity index (χ1) is 9.51. The van der Waals surface area contributed by atoms with Gasteiger partial charge < -0.3 is 10.6 Å². The molecule has 0 fully saturated rings. The molecule has 0 aliphatic heterocycles. The Kier molecular flexibility index (Phi) is 5.24. The molecule has 0 aliphatic carbocycles. The topological polar surface area (TPSA) is 49.8 Å². The van der Waals surface area contributed by atoms with Crippen LogP contribution in [0.1, 0.15) is 26.0 Å². The molecule has 1 heterocycles. The van der Waals surface area contributed by atoms with E-state index in [1.54, 1.807) is 6.92 Å². The molecule has 2 N–H and O–H groups in total. The normalized spacial score (nSPS) is 13.9. The number of alkyl halides is 6. The molecule has 0 saturated heterocycles. The minimum Gasteiger partial charge on any atom is -0.367 e. The van der Waals surface area contributed by atoms with Crippen molar-refractivity contribution in [2.24, 2.45) is 0 Å². The zero-order valence-corrected chi connectivity index (χ0v) is 11.2. The third-order valence-corrected chi connectivity index (χ3v) is 2.28. The van der Waals surface area contributed by atoms with E-state index < -0.39 is 30.5 Å². The summed E-state index contributed by atoms with van der Waals surface area (Å²) in [5.74, 6) is -0.612. The minimum atomic E-state index is -4.71. The number of aromatic nitrogens is 2. The van der Waals surface area contributed by atoms with Gasteiger partial charge in [-0.15, -0.1) is 0 Å². The molecular weight excluding hydrogens is 302 g/mol. The zero-order chi connectivity index (χ0) is 16.3. The van der Waals surface area contributed by atoms with E-state index in [2.05, 4.69) is 20.6 Å². The van der Waals surface area contributed by atoms with Crippen LogP contribution >= 0.6 is 0 Å². The van der Waals surface area contributed by atoms with Gasteiger partial charge in [0, 0.05) is 18.7 Å². The van der Waals surface area contributed by atoms with E-state index in [1.165, 1.54) is 6.92 Å². The second-order valence-electron chi connectivity index (χ2n) is 4.35. The fourth-order valence-corrected chi connectivity index (χ4v) is 1.55. The van der Waals surface area contributed by atoms with Crippen molar-refractivity contribution in [3.63, 3.8) is 0 Å². The summed E-state index contributed by atoms with van der Waals surface area (Å²) in [5.41, 5.74) is -1.23. The maximum atomic E-state index is 12.7. The Morgan fingerprint density at radius 1 is 1.14 bits per heavy atom. The number of nitrogens with one attached hydrogen (secondary N) is 2. The molecule has 1 aromatic rings. The Labute approximate surface area is 117 Å². The molecule has 0 aliphatic rings. The minimum absolute atomic E-state index is 0.277. The van der Waals surface area contributed by atoms with Crippen molar-refractivity contribution in [3.8, 4) is 0 Å². The van der Waals surface area contributed by atoms with Gasteiger partial charge in [-0.1, -0.05) is 0 Å². The molecule has 4 nitrogen and oxygen atoms in total. The summed E-state index contributed by atoms with van der Waals surface area (Å²) in [6.45, 7) is 3.11. The summed E-state index contributed by atoms with van der Waals surface area (Å²) in [5, 5.41) is 4.80. The lowest BCUT2D eigenvalue weighted by Gasteiger charge is -2.18. The highest BCUT2D eigenvalue weighted by Gasteiger charge is 2.34. The molecule has 0 aromatic carbocycles. The van der Waals surface area contributed by atoms with Crippen LogP contribution in [0.4, 0.5) is 38.1 Å². The summed E-state index contributed by atoms with van der Waals surface area (Å²) in [6, 6.07) is -0.538.